The van der Waals surface area contributed by atoms with Gasteiger partial charge in [0.1, 0.15) is 17.7 Å². The lowest BCUT2D eigenvalue weighted by molar-refractivity contribution is -0.140. The second-order valence-electron chi connectivity index (χ2n) is 12.4. The number of fused-ring (bicyclic) bond motifs is 1. The van der Waals surface area contributed by atoms with Crippen LogP contribution < -0.4 is 10.6 Å². The van der Waals surface area contributed by atoms with Crippen LogP contribution in [-0.2, 0) is 20.7 Å². The van der Waals surface area contributed by atoms with Crippen LogP contribution in [0.5, 0.6) is 0 Å². The molecule has 0 heterocycles. The summed E-state index contributed by atoms with van der Waals surface area (Å²) in [5, 5.41) is 8.01. The lowest BCUT2D eigenvalue weighted by atomic mass is 9.96. The number of unbranched alkanes of at least 4 members (excludes halogenated alkanes) is 2. The van der Waals surface area contributed by atoms with Crippen LogP contribution in [0.25, 0.3) is 10.8 Å². The van der Waals surface area contributed by atoms with Gasteiger partial charge in [-0.2, -0.15) is 0 Å². The van der Waals surface area contributed by atoms with Crippen molar-refractivity contribution in [2.75, 3.05) is 11.9 Å². The Balaban J connectivity index is 1.75. The number of aryl methyl sites for hydroxylation is 1. The third-order valence-corrected chi connectivity index (χ3v) is 7.62. The van der Waals surface area contributed by atoms with Gasteiger partial charge in [0.15, 0.2) is 0 Å². The summed E-state index contributed by atoms with van der Waals surface area (Å²) in [6.07, 6.45) is 2.11. The molecule has 0 aliphatic rings. The van der Waals surface area contributed by atoms with E-state index < -0.39 is 23.8 Å². The Kier molecular flexibility index (Phi) is 11.4. The summed E-state index contributed by atoms with van der Waals surface area (Å²) in [6, 6.07) is 29.1. The Morgan fingerprint density at radius 1 is 0.822 bits per heavy atom. The van der Waals surface area contributed by atoms with Gasteiger partial charge < -0.3 is 20.3 Å². The van der Waals surface area contributed by atoms with Crippen molar-refractivity contribution in [1.29, 1.82) is 0 Å². The van der Waals surface area contributed by atoms with Crippen molar-refractivity contribution in [2.45, 2.75) is 78.0 Å². The highest BCUT2D eigenvalue weighted by Crippen LogP contribution is 2.29. The first kappa shape index (κ1) is 33.2. The van der Waals surface area contributed by atoms with Gasteiger partial charge in [-0.3, -0.25) is 9.59 Å². The largest absolute Gasteiger partial charge is 0.444 e. The van der Waals surface area contributed by atoms with Crippen LogP contribution in [0.3, 0.4) is 0 Å². The summed E-state index contributed by atoms with van der Waals surface area (Å²) in [4.78, 5) is 43.7. The smallest absolute Gasteiger partial charge is 0.408 e. The normalized spacial score (nSPS) is 12.6. The maximum atomic E-state index is 14.7. The molecule has 0 radical (unpaired) electrons. The van der Waals surface area contributed by atoms with E-state index in [2.05, 4.69) is 17.6 Å². The van der Waals surface area contributed by atoms with E-state index in [1.54, 1.807) is 25.7 Å². The molecule has 7 heteroatoms. The second kappa shape index (κ2) is 15.4. The van der Waals surface area contributed by atoms with Crippen LogP contribution in [0.2, 0.25) is 0 Å². The van der Waals surface area contributed by atoms with Crippen molar-refractivity contribution in [3.05, 3.63) is 114 Å². The second-order valence-corrected chi connectivity index (χ2v) is 12.4. The molecule has 0 saturated heterocycles. The van der Waals surface area contributed by atoms with Crippen molar-refractivity contribution in [3.63, 3.8) is 0 Å². The molecule has 7 nitrogen and oxygen atoms in total. The van der Waals surface area contributed by atoms with E-state index in [1.165, 1.54) is 0 Å². The molecule has 4 aromatic carbocycles. The fourth-order valence-corrected chi connectivity index (χ4v) is 5.42. The predicted molar refractivity (Wildman–Crippen MR) is 181 cm³/mol. The number of carbonyl (C=O) groups excluding carboxylic acids is 3. The molecule has 0 saturated carbocycles. The van der Waals surface area contributed by atoms with Crippen molar-refractivity contribution < 1.29 is 19.1 Å². The average Bonchev–Trinajstić information content (AvgIpc) is 3.00. The zero-order valence-corrected chi connectivity index (χ0v) is 27.0. The number of benzene rings is 4. The molecular formula is C38H45N3O4. The minimum absolute atomic E-state index is 0.246. The van der Waals surface area contributed by atoms with Crippen molar-refractivity contribution >= 4 is 34.4 Å². The molecule has 4 aromatic rings. The number of alkyl carbamates (subject to hydrolysis) is 1. The maximum absolute atomic E-state index is 14.7. The van der Waals surface area contributed by atoms with Crippen LogP contribution in [0, 0.1) is 6.92 Å². The third-order valence-electron chi connectivity index (χ3n) is 7.62. The molecule has 0 aliphatic carbocycles. The summed E-state index contributed by atoms with van der Waals surface area (Å²) >= 11 is 0. The van der Waals surface area contributed by atoms with Crippen molar-refractivity contribution in [2.24, 2.45) is 0 Å². The highest BCUT2D eigenvalue weighted by atomic mass is 16.6. The van der Waals surface area contributed by atoms with Gasteiger partial charge in [0.2, 0.25) is 5.91 Å². The topological polar surface area (TPSA) is 87.7 Å². The summed E-state index contributed by atoms with van der Waals surface area (Å²) in [5.41, 5.74) is 2.41. The van der Waals surface area contributed by atoms with Gasteiger partial charge in [-0.15, -0.1) is 0 Å². The molecule has 4 rings (SSSR count). The first-order chi connectivity index (χ1) is 21.6. The van der Waals surface area contributed by atoms with E-state index in [4.69, 9.17) is 4.74 Å². The summed E-state index contributed by atoms with van der Waals surface area (Å²) in [6.45, 7) is 9.73. The van der Waals surface area contributed by atoms with Gasteiger partial charge >= 0.3 is 6.09 Å². The summed E-state index contributed by atoms with van der Waals surface area (Å²) in [5.74, 6) is -0.664. The molecule has 2 N–H and O–H groups in total. The van der Waals surface area contributed by atoms with Crippen LogP contribution >= 0.6 is 0 Å². The summed E-state index contributed by atoms with van der Waals surface area (Å²) < 4.78 is 5.56. The number of anilines is 1. The summed E-state index contributed by atoms with van der Waals surface area (Å²) in [7, 11) is 0. The van der Waals surface area contributed by atoms with E-state index in [0.29, 0.717) is 18.7 Å². The van der Waals surface area contributed by atoms with Crippen LogP contribution in [0.4, 0.5) is 10.5 Å². The lowest BCUT2D eigenvalue weighted by Crippen LogP contribution is -2.53. The van der Waals surface area contributed by atoms with Crippen LogP contribution in [-0.4, -0.2) is 41.0 Å². The quantitative estimate of drug-likeness (QED) is 0.160. The van der Waals surface area contributed by atoms with E-state index in [0.717, 1.165) is 40.3 Å². The fourth-order valence-electron chi connectivity index (χ4n) is 5.42. The first-order valence-electron chi connectivity index (χ1n) is 15.7. The molecule has 3 amide bonds. The predicted octanol–water partition coefficient (Wildman–Crippen LogP) is 7.98. The number of ether oxygens (including phenoxy) is 1. The minimum atomic E-state index is -0.955. The highest BCUT2D eigenvalue weighted by molar-refractivity contribution is 6.00. The zero-order chi connectivity index (χ0) is 32.4. The van der Waals surface area contributed by atoms with Crippen molar-refractivity contribution in [3.8, 4) is 0 Å². The van der Waals surface area contributed by atoms with Gasteiger partial charge in [-0.25, -0.2) is 4.79 Å². The number of amides is 3. The number of carbonyl (C=O) groups is 3. The Morgan fingerprint density at radius 3 is 2.18 bits per heavy atom. The Labute approximate surface area is 267 Å². The standard InChI is InChI=1S/C38H45N3O4/c1-6-7-15-24-41(36(43)33(25-28-17-9-8-10-18-28)40-37(44)45-38(3,4)5)34(32-21-14-11-16-27(32)2)35(42)39-31-23-22-29-19-12-13-20-30(29)26-31/h8-14,16-23,26,33-34H,6-7,15,24-25H2,1-5H3,(H,39,42)(H,40,44). The van der Waals surface area contributed by atoms with Crippen molar-refractivity contribution in [1.82, 2.24) is 10.2 Å². The minimum Gasteiger partial charge on any atom is -0.444 e. The van der Waals surface area contributed by atoms with Gasteiger partial charge in [-0.1, -0.05) is 105 Å². The number of nitrogens with one attached hydrogen (secondary N) is 2. The van der Waals surface area contributed by atoms with E-state index in [-0.39, 0.29) is 18.2 Å². The molecule has 0 aliphatic heterocycles. The SMILES string of the molecule is CCCCCN(C(=O)C(Cc1ccccc1)NC(=O)OC(C)(C)C)C(C(=O)Nc1ccc2ccccc2c1)c1ccccc1C. The number of hydrogen-bond donors (Lipinski definition) is 2. The number of nitrogens with zero attached hydrogens (tertiary/aromatic N) is 1. The molecule has 2 atom stereocenters. The molecule has 2 unspecified atom stereocenters. The number of hydrogen-bond acceptors (Lipinski definition) is 4. The molecule has 45 heavy (non-hydrogen) atoms. The third kappa shape index (κ3) is 9.42. The number of rotatable bonds is 12. The van der Waals surface area contributed by atoms with E-state index in [1.807, 2.05) is 104 Å². The van der Waals surface area contributed by atoms with E-state index in [9.17, 15) is 14.4 Å². The average molecular weight is 608 g/mol. The molecule has 0 bridgehead atoms. The lowest BCUT2D eigenvalue weighted by Gasteiger charge is -2.35. The molecule has 0 spiro atoms. The monoisotopic (exact) mass is 607 g/mol. The van der Waals surface area contributed by atoms with Crippen LogP contribution in [0.1, 0.15) is 69.7 Å². The molecule has 0 fully saturated rings. The first-order valence-corrected chi connectivity index (χ1v) is 15.7. The van der Waals surface area contributed by atoms with Crippen LogP contribution in [0.15, 0.2) is 97.1 Å². The highest BCUT2D eigenvalue weighted by Gasteiger charge is 2.37. The zero-order valence-electron chi connectivity index (χ0n) is 27.0. The van der Waals surface area contributed by atoms with Gasteiger partial charge in [-0.05, 0) is 73.7 Å². The van der Waals surface area contributed by atoms with Gasteiger partial charge in [0, 0.05) is 18.7 Å². The Morgan fingerprint density at radius 2 is 1.49 bits per heavy atom. The fraction of sp³-hybridized carbons (Fsp3) is 0.342. The van der Waals surface area contributed by atoms with E-state index >= 15 is 0 Å². The van der Waals surface area contributed by atoms with Gasteiger partial charge in [0.05, 0.1) is 0 Å². The molecule has 0 aromatic heterocycles. The van der Waals surface area contributed by atoms with Gasteiger partial charge in [0.25, 0.3) is 5.91 Å². The Hall–Kier alpha value is -4.65. The maximum Gasteiger partial charge on any atom is 0.408 e. The molecule has 236 valence electrons. The Bertz CT molecular complexity index is 1600. The molecular weight excluding hydrogens is 562 g/mol.